The third kappa shape index (κ3) is 4.37. The number of hydrogen-bond donors (Lipinski definition) is 2. The predicted molar refractivity (Wildman–Crippen MR) is 81.6 cm³/mol. The Morgan fingerprint density at radius 3 is 2.30 bits per heavy atom. The van der Waals surface area contributed by atoms with E-state index in [1.54, 1.807) is 0 Å². The van der Waals surface area contributed by atoms with Crippen LogP contribution in [0.3, 0.4) is 0 Å². The van der Waals surface area contributed by atoms with Gasteiger partial charge < -0.3 is 15.7 Å². The summed E-state index contributed by atoms with van der Waals surface area (Å²) in [5.41, 5.74) is 6.07. The van der Waals surface area contributed by atoms with E-state index in [9.17, 15) is 14.4 Å². The zero-order valence-electron chi connectivity index (χ0n) is 12.2. The third-order valence-electron chi connectivity index (χ3n) is 3.08. The van der Waals surface area contributed by atoms with Crippen molar-refractivity contribution in [3.63, 3.8) is 0 Å². The predicted octanol–water partition coefficient (Wildman–Crippen LogP) is 0.907. The number of nitrogens with two attached hydrogens (primary N) is 1. The molecule has 2 amide bonds. The quantitative estimate of drug-likeness (QED) is 0.822. The van der Waals surface area contributed by atoms with Crippen LogP contribution < -0.4 is 5.73 Å². The van der Waals surface area contributed by atoms with Crippen molar-refractivity contribution in [1.82, 2.24) is 9.88 Å². The topological polar surface area (TPSA) is 114 Å². The monoisotopic (exact) mass is 313 g/mol. The van der Waals surface area contributed by atoms with Crippen LogP contribution >= 0.6 is 0 Å². The summed E-state index contributed by atoms with van der Waals surface area (Å²) in [6.07, 6.45) is 1.17. The fourth-order valence-electron chi connectivity index (χ4n) is 2.02. The number of nitrogens with zero attached hydrogens (tertiary/aromatic N) is 2. The van der Waals surface area contributed by atoms with Crippen molar-refractivity contribution >= 4 is 17.8 Å². The van der Waals surface area contributed by atoms with Gasteiger partial charge in [0.15, 0.2) is 0 Å². The molecule has 0 radical (unpaired) electrons. The minimum absolute atomic E-state index is 0.161. The molecule has 118 valence electrons. The van der Waals surface area contributed by atoms with E-state index >= 15 is 0 Å². The average molecular weight is 313 g/mol. The summed E-state index contributed by atoms with van der Waals surface area (Å²) in [6, 6.07) is 11.7. The first kappa shape index (κ1) is 16.2. The Labute approximate surface area is 132 Å². The van der Waals surface area contributed by atoms with Crippen LogP contribution in [0.4, 0.5) is 0 Å². The SMILES string of the molecule is NC(=O)CN(Cc1ccccc1)C(=O)c1ccc(C(=O)O)nc1. The van der Waals surface area contributed by atoms with Crippen molar-refractivity contribution < 1.29 is 19.5 Å². The van der Waals surface area contributed by atoms with E-state index in [2.05, 4.69) is 4.98 Å². The molecule has 0 aliphatic carbocycles. The van der Waals surface area contributed by atoms with Crippen LogP contribution in [-0.4, -0.2) is 39.3 Å². The summed E-state index contributed by atoms with van der Waals surface area (Å²) in [7, 11) is 0. The summed E-state index contributed by atoms with van der Waals surface area (Å²) in [5, 5.41) is 8.82. The second-order valence-corrected chi connectivity index (χ2v) is 4.85. The van der Waals surface area contributed by atoms with E-state index in [1.807, 2.05) is 30.3 Å². The van der Waals surface area contributed by atoms with Crippen molar-refractivity contribution in [3.8, 4) is 0 Å². The Morgan fingerprint density at radius 1 is 1.09 bits per heavy atom. The van der Waals surface area contributed by atoms with Gasteiger partial charge in [0.1, 0.15) is 5.69 Å². The van der Waals surface area contributed by atoms with E-state index < -0.39 is 17.8 Å². The molecule has 0 aliphatic rings. The Hall–Kier alpha value is -3.22. The summed E-state index contributed by atoms with van der Waals surface area (Å²) >= 11 is 0. The number of carboxylic acids is 1. The van der Waals surface area contributed by atoms with Crippen LogP contribution in [0.5, 0.6) is 0 Å². The summed E-state index contributed by atoms with van der Waals surface area (Å²) in [6.45, 7) is -0.0301. The van der Waals surface area contributed by atoms with Crippen molar-refractivity contribution in [2.24, 2.45) is 5.73 Å². The summed E-state index contributed by atoms with van der Waals surface area (Å²) in [5.74, 6) is -2.26. The lowest BCUT2D eigenvalue weighted by Gasteiger charge is -2.21. The van der Waals surface area contributed by atoms with E-state index in [0.29, 0.717) is 0 Å². The number of carboxylic acid groups (broad SMARTS) is 1. The largest absolute Gasteiger partial charge is 0.477 e. The molecule has 1 aromatic carbocycles. The van der Waals surface area contributed by atoms with Crippen molar-refractivity contribution in [2.45, 2.75) is 6.54 Å². The van der Waals surface area contributed by atoms with Gasteiger partial charge in [-0.1, -0.05) is 30.3 Å². The van der Waals surface area contributed by atoms with Crippen molar-refractivity contribution in [1.29, 1.82) is 0 Å². The second kappa shape index (κ2) is 7.17. The second-order valence-electron chi connectivity index (χ2n) is 4.85. The van der Waals surface area contributed by atoms with Gasteiger partial charge in [-0.15, -0.1) is 0 Å². The molecule has 7 heteroatoms. The number of carbonyl (C=O) groups is 3. The molecule has 2 rings (SSSR count). The first-order valence-corrected chi connectivity index (χ1v) is 6.78. The Kier molecular flexibility index (Phi) is 5.03. The maximum Gasteiger partial charge on any atom is 0.354 e. The van der Waals surface area contributed by atoms with Crippen molar-refractivity contribution in [3.05, 3.63) is 65.5 Å². The molecule has 1 aromatic heterocycles. The zero-order chi connectivity index (χ0) is 16.8. The first-order chi connectivity index (χ1) is 11.0. The number of aromatic carboxylic acids is 1. The van der Waals surface area contributed by atoms with Crippen molar-refractivity contribution in [2.75, 3.05) is 6.54 Å². The van der Waals surface area contributed by atoms with Crippen LogP contribution in [0.25, 0.3) is 0 Å². The Balaban J connectivity index is 2.22. The van der Waals surface area contributed by atoms with E-state index in [-0.39, 0.29) is 24.3 Å². The number of pyridine rings is 1. The molecule has 0 aliphatic heterocycles. The lowest BCUT2D eigenvalue weighted by molar-refractivity contribution is -0.118. The highest BCUT2D eigenvalue weighted by Gasteiger charge is 2.19. The van der Waals surface area contributed by atoms with Gasteiger partial charge in [0, 0.05) is 12.7 Å². The van der Waals surface area contributed by atoms with Crippen LogP contribution in [0.15, 0.2) is 48.7 Å². The number of hydrogen-bond acceptors (Lipinski definition) is 4. The number of primary amides is 1. The van der Waals surface area contributed by atoms with Gasteiger partial charge in [0.25, 0.3) is 5.91 Å². The smallest absolute Gasteiger partial charge is 0.354 e. The molecule has 0 unspecified atom stereocenters. The molecule has 0 saturated carbocycles. The third-order valence-corrected chi connectivity index (χ3v) is 3.08. The molecule has 23 heavy (non-hydrogen) atoms. The Bertz CT molecular complexity index is 714. The maximum absolute atomic E-state index is 12.5. The Morgan fingerprint density at radius 2 is 1.78 bits per heavy atom. The minimum atomic E-state index is -1.18. The molecular weight excluding hydrogens is 298 g/mol. The number of benzene rings is 1. The number of rotatable bonds is 6. The summed E-state index contributed by atoms with van der Waals surface area (Å²) < 4.78 is 0. The maximum atomic E-state index is 12.5. The van der Waals surface area contributed by atoms with Crippen LogP contribution in [0.1, 0.15) is 26.4 Å². The highest BCUT2D eigenvalue weighted by Crippen LogP contribution is 2.10. The van der Waals surface area contributed by atoms with Gasteiger partial charge in [0.05, 0.1) is 12.1 Å². The lowest BCUT2D eigenvalue weighted by atomic mass is 10.1. The molecule has 0 atom stereocenters. The zero-order valence-corrected chi connectivity index (χ0v) is 12.2. The van der Waals surface area contributed by atoms with Gasteiger partial charge in [-0.25, -0.2) is 9.78 Å². The molecule has 2 aromatic rings. The summed E-state index contributed by atoms with van der Waals surface area (Å²) in [4.78, 5) is 39.5. The normalized spacial score (nSPS) is 10.1. The molecule has 0 saturated heterocycles. The van der Waals surface area contributed by atoms with Gasteiger partial charge in [-0.05, 0) is 17.7 Å². The van der Waals surface area contributed by atoms with Gasteiger partial charge >= 0.3 is 5.97 Å². The standard InChI is InChI=1S/C16H15N3O4/c17-14(20)10-19(9-11-4-2-1-3-5-11)15(21)12-6-7-13(16(22)23)18-8-12/h1-8H,9-10H2,(H2,17,20)(H,22,23). The molecule has 3 N–H and O–H groups in total. The highest BCUT2D eigenvalue weighted by molar-refractivity contribution is 5.96. The van der Waals surface area contributed by atoms with E-state index in [4.69, 9.17) is 10.8 Å². The van der Waals surface area contributed by atoms with E-state index in [0.717, 1.165) is 5.56 Å². The van der Waals surface area contributed by atoms with Gasteiger partial charge in [0.2, 0.25) is 5.91 Å². The number of carbonyl (C=O) groups excluding carboxylic acids is 2. The average Bonchev–Trinajstić information content (AvgIpc) is 2.54. The molecule has 1 heterocycles. The van der Waals surface area contributed by atoms with Gasteiger partial charge in [-0.3, -0.25) is 9.59 Å². The van der Waals surface area contributed by atoms with Crippen LogP contribution in [0.2, 0.25) is 0 Å². The number of amides is 2. The molecule has 0 fully saturated rings. The first-order valence-electron chi connectivity index (χ1n) is 6.78. The molecular formula is C16H15N3O4. The number of aromatic nitrogens is 1. The van der Waals surface area contributed by atoms with Crippen LogP contribution in [0, 0.1) is 0 Å². The van der Waals surface area contributed by atoms with E-state index in [1.165, 1.54) is 23.2 Å². The fourth-order valence-corrected chi connectivity index (χ4v) is 2.02. The lowest BCUT2D eigenvalue weighted by Crippen LogP contribution is -2.38. The highest BCUT2D eigenvalue weighted by atomic mass is 16.4. The molecule has 7 nitrogen and oxygen atoms in total. The molecule has 0 bridgehead atoms. The van der Waals surface area contributed by atoms with Gasteiger partial charge in [-0.2, -0.15) is 0 Å². The van der Waals surface area contributed by atoms with Crippen LogP contribution in [-0.2, 0) is 11.3 Å². The molecule has 0 spiro atoms. The minimum Gasteiger partial charge on any atom is -0.477 e. The fraction of sp³-hybridized carbons (Fsp3) is 0.125.